The summed E-state index contributed by atoms with van der Waals surface area (Å²) in [4.78, 5) is 12.9. The number of amides is 1. The number of nitrogen functional groups attached to an aromatic ring is 1. The number of carbonyl (C=O) groups is 1. The number of nitrogens with zero attached hydrogens (tertiary/aromatic N) is 1. The molecule has 0 aliphatic heterocycles. The lowest BCUT2D eigenvalue weighted by Gasteiger charge is -2.12. The number of rotatable bonds is 3. The number of hydrogen-bond acceptors (Lipinski definition) is 3. The van der Waals surface area contributed by atoms with Crippen LogP contribution in [0, 0.1) is 0 Å². The van der Waals surface area contributed by atoms with Gasteiger partial charge >= 0.3 is 0 Å². The number of nitrogens with one attached hydrogen (secondary N) is 1. The molecule has 82 valence electrons. The molecule has 0 radical (unpaired) electrons. The maximum atomic E-state index is 10.9. The largest absolute Gasteiger partial charge is 0.399 e. The predicted molar refractivity (Wildman–Crippen MR) is 62.5 cm³/mol. The molecule has 1 aromatic rings. The van der Waals surface area contributed by atoms with Gasteiger partial charge in [-0.1, -0.05) is 0 Å². The highest BCUT2D eigenvalue weighted by Crippen LogP contribution is 2.17. The molecule has 0 saturated heterocycles. The van der Waals surface area contributed by atoms with Crippen LogP contribution in [0.3, 0.4) is 0 Å². The lowest BCUT2D eigenvalue weighted by Crippen LogP contribution is -2.12. The average Bonchev–Trinajstić information content (AvgIpc) is 1.98. The number of benzene rings is 1. The first-order valence-electron chi connectivity index (χ1n) is 4.79. The Morgan fingerprint density at radius 1 is 1.40 bits per heavy atom. The highest BCUT2D eigenvalue weighted by Gasteiger charge is 2.01. The molecule has 0 saturated carbocycles. The molecule has 4 heteroatoms. The fourth-order valence-corrected chi connectivity index (χ4v) is 1.45. The molecule has 1 rings (SSSR count). The normalized spacial score (nSPS) is 10.4. The number of nitrogens with two attached hydrogens (primary N) is 1. The van der Waals surface area contributed by atoms with Crippen LogP contribution in [0.2, 0.25) is 0 Å². The zero-order valence-electron chi connectivity index (χ0n) is 9.37. The van der Waals surface area contributed by atoms with Crippen LogP contribution in [0.1, 0.15) is 12.5 Å². The van der Waals surface area contributed by atoms with Gasteiger partial charge in [0.1, 0.15) is 0 Å². The minimum absolute atomic E-state index is 0.0867. The summed E-state index contributed by atoms with van der Waals surface area (Å²) in [6.45, 7) is 2.28. The van der Waals surface area contributed by atoms with E-state index in [9.17, 15) is 4.79 Å². The van der Waals surface area contributed by atoms with Gasteiger partial charge in [-0.05, 0) is 37.9 Å². The van der Waals surface area contributed by atoms with Crippen LogP contribution in [0.25, 0.3) is 0 Å². The zero-order valence-corrected chi connectivity index (χ0v) is 9.37. The summed E-state index contributed by atoms with van der Waals surface area (Å²) in [5.41, 5.74) is 8.24. The van der Waals surface area contributed by atoms with Crippen molar-refractivity contribution in [3.8, 4) is 0 Å². The monoisotopic (exact) mass is 207 g/mol. The van der Waals surface area contributed by atoms with E-state index in [1.165, 1.54) is 6.92 Å². The Morgan fingerprint density at radius 3 is 2.60 bits per heavy atom. The maximum Gasteiger partial charge on any atom is 0.221 e. The third-order valence-electron chi connectivity index (χ3n) is 1.83. The quantitative estimate of drug-likeness (QED) is 0.734. The van der Waals surface area contributed by atoms with Crippen LogP contribution in [0.5, 0.6) is 0 Å². The van der Waals surface area contributed by atoms with Crippen molar-refractivity contribution in [1.82, 2.24) is 4.90 Å². The van der Waals surface area contributed by atoms with Crippen molar-refractivity contribution in [2.75, 3.05) is 25.1 Å². The molecule has 1 amide bonds. The number of anilines is 2. The van der Waals surface area contributed by atoms with E-state index in [4.69, 9.17) is 5.73 Å². The van der Waals surface area contributed by atoms with Gasteiger partial charge in [0.2, 0.25) is 5.91 Å². The molecule has 0 aliphatic carbocycles. The summed E-state index contributed by atoms with van der Waals surface area (Å²) < 4.78 is 0. The Labute approximate surface area is 90.1 Å². The molecule has 1 aromatic carbocycles. The van der Waals surface area contributed by atoms with Crippen molar-refractivity contribution in [2.24, 2.45) is 0 Å². The van der Waals surface area contributed by atoms with Crippen LogP contribution in [-0.2, 0) is 11.3 Å². The lowest BCUT2D eigenvalue weighted by atomic mass is 10.1. The minimum atomic E-state index is -0.0867. The van der Waals surface area contributed by atoms with Gasteiger partial charge in [0.05, 0.1) is 0 Å². The van der Waals surface area contributed by atoms with Gasteiger partial charge < -0.3 is 16.0 Å². The molecule has 0 unspecified atom stereocenters. The fraction of sp³-hybridized carbons (Fsp3) is 0.364. The molecule has 0 aromatic heterocycles. The van der Waals surface area contributed by atoms with E-state index >= 15 is 0 Å². The van der Waals surface area contributed by atoms with Gasteiger partial charge in [-0.3, -0.25) is 4.79 Å². The molecule has 4 nitrogen and oxygen atoms in total. The standard InChI is InChI=1S/C11H17N3O/c1-8(15)13-11-5-9(7-14(2)3)4-10(12)6-11/h4-6H,7,12H2,1-3H3,(H,13,15). The smallest absolute Gasteiger partial charge is 0.221 e. The maximum absolute atomic E-state index is 10.9. The van der Waals surface area contributed by atoms with Crippen molar-refractivity contribution in [3.63, 3.8) is 0 Å². The van der Waals surface area contributed by atoms with Crippen LogP contribution < -0.4 is 11.1 Å². The first-order chi connectivity index (χ1) is 6.97. The molecule has 0 heterocycles. The molecule has 0 spiro atoms. The van der Waals surface area contributed by atoms with Crippen LogP contribution >= 0.6 is 0 Å². The van der Waals surface area contributed by atoms with E-state index in [1.54, 1.807) is 6.07 Å². The Balaban J connectivity index is 2.89. The van der Waals surface area contributed by atoms with Crippen molar-refractivity contribution < 1.29 is 4.79 Å². The van der Waals surface area contributed by atoms with E-state index in [1.807, 2.05) is 31.1 Å². The van der Waals surface area contributed by atoms with Gasteiger partial charge in [0.25, 0.3) is 0 Å². The van der Waals surface area contributed by atoms with Crippen LogP contribution in [0.15, 0.2) is 18.2 Å². The summed E-state index contributed by atoms with van der Waals surface area (Å²) in [6.07, 6.45) is 0. The highest BCUT2D eigenvalue weighted by atomic mass is 16.1. The van der Waals surface area contributed by atoms with E-state index in [0.717, 1.165) is 17.8 Å². The van der Waals surface area contributed by atoms with Gasteiger partial charge in [-0.15, -0.1) is 0 Å². The van der Waals surface area contributed by atoms with Gasteiger partial charge in [-0.25, -0.2) is 0 Å². The fourth-order valence-electron chi connectivity index (χ4n) is 1.45. The summed E-state index contributed by atoms with van der Waals surface area (Å²) in [6, 6.07) is 5.59. The lowest BCUT2D eigenvalue weighted by molar-refractivity contribution is -0.114. The van der Waals surface area contributed by atoms with Crippen LogP contribution in [0.4, 0.5) is 11.4 Å². The molecule has 0 bridgehead atoms. The third kappa shape index (κ3) is 3.99. The zero-order chi connectivity index (χ0) is 11.4. The van der Waals surface area contributed by atoms with Crippen LogP contribution in [-0.4, -0.2) is 24.9 Å². The Kier molecular flexibility index (Phi) is 3.68. The third-order valence-corrected chi connectivity index (χ3v) is 1.83. The highest BCUT2D eigenvalue weighted by molar-refractivity contribution is 5.89. The van der Waals surface area contributed by atoms with Crippen molar-refractivity contribution in [1.29, 1.82) is 0 Å². The number of carbonyl (C=O) groups excluding carboxylic acids is 1. The van der Waals surface area contributed by atoms with Gasteiger partial charge in [0.15, 0.2) is 0 Å². The minimum Gasteiger partial charge on any atom is -0.399 e. The molecule has 3 N–H and O–H groups in total. The molecule has 0 atom stereocenters. The predicted octanol–water partition coefficient (Wildman–Crippen LogP) is 1.29. The topological polar surface area (TPSA) is 58.4 Å². The average molecular weight is 207 g/mol. The second-order valence-electron chi connectivity index (χ2n) is 3.88. The molecule has 0 aliphatic rings. The summed E-state index contributed by atoms with van der Waals surface area (Å²) >= 11 is 0. The second kappa shape index (κ2) is 4.79. The summed E-state index contributed by atoms with van der Waals surface area (Å²) in [7, 11) is 3.97. The van der Waals surface area contributed by atoms with E-state index < -0.39 is 0 Å². The Bertz CT molecular complexity index is 361. The van der Waals surface area contributed by atoms with E-state index in [-0.39, 0.29) is 5.91 Å². The van der Waals surface area contributed by atoms with Gasteiger partial charge in [-0.2, -0.15) is 0 Å². The summed E-state index contributed by atoms with van der Waals surface area (Å²) in [5.74, 6) is -0.0867. The second-order valence-corrected chi connectivity index (χ2v) is 3.88. The van der Waals surface area contributed by atoms with E-state index in [0.29, 0.717) is 5.69 Å². The SMILES string of the molecule is CC(=O)Nc1cc(N)cc(CN(C)C)c1. The molecule has 0 fully saturated rings. The summed E-state index contributed by atoms with van der Waals surface area (Å²) in [5, 5.41) is 2.72. The Morgan fingerprint density at radius 2 is 2.07 bits per heavy atom. The first-order valence-corrected chi connectivity index (χ1v) is 4.79. The number of hydrogen-bond donors (Lipinski definition) is 2. The first kappa shape index (κ1) is 11.5. The van der Waals surface area contributed by atoms with E-state index in [2.05, 4.69) is 5.32 Å². The molecular weight excluding hydrogens is 190 g/mol. The van der Waals surface area contributed by atoms with Gasteiger partial charge in [0, 0.05) is 24.8 Å². The molecule has 15 heavy (non-hydrogen) atoms. The van der Waals surface area contributed by atoms with Crippen molar-refractivity contribution >= 4 is 17.3 Å². The Hall–Kier alpha value is -1.55. The molecular formula is C11H17N3O. The van der Waals surface area contributed by atoms with Crippen molar-refractivity contribution in [3.05, 3.63) is 23.8 Å². The van der Waals surface area contributed by atoms with Crippen molar-refractivity contribution in [2.45, 2.75) is 13.5 Å².